The van der Waals surface area contributed by atoms with E-state index in [0.717, 1.165) is 26.1 Å². The zero-order valence-electron chi connectivity index (χ0n) is 10.9. The topological polar surface area (TPSA) is 46.3 Å². The number of benzene rings is 1. The highest BCUT2D eigenvalue weighted by Crippen LogP contribution is 2.48. The van der Waals surface area contributed by atoms with Crippen LogP contribution < -0.4 is 5.73 Å². The number of nitrogens with two attached hydrogens (primary N) is 1. The van der Waals surface area contributed by atoms with E-state index in [1.165, 1.54) is 24.1 Å². The van der Waals surface area contributed by atoms with Gasteiger partial charge in [-0.2, -0.15) is 0 Å². The molecule has 102 valence electrons. The molecule has 3 nitrogen and oxygen atoms in total. The zero-order chi connectivity index (χ0) is 13.4. The fourth-order valence-electron chi connectivity index (χ4n) is 3.13. The van der Waals surface area contributed by atoms with E-state index in [4.69, 9.17) is 5.73 Å². The minimum Gasteiger partial charge on any atom is -0.369 e. The molecule has 4 heteroatoms. The maximum Gasteiger partial charge on any atom is 0.221 e. The smallest absolute Gasteiger partial charge is 0.221 e. The average molecular weight is 262 g/mol. The van der Waals surface area contributed by atoms with Crippen molar-refractivity contribution in [1.29, 1.82) is 0 Å². The number of carbonyl (C=O) groups is 1. The van der Waals surface area contributed by atoms with Gasteiger partial charge in [-0.05, 0) is 48.9 Å². The summed E-state index contributed by atoms with van der Waals surface area (Å²) in [7, 11) is 0. The van der Waals surface area contributed by atoms with Gasteiger partial charge in [0.15, 0.2) is 0 Å². The van der Waals surface area contributed by atoms with Crippen LogP contribution in [0.25, 0.3) is 0 Å². The first kappa shape index (κ1) is 12.6. The molecule has 3 atom stereocenters. The second-order valence-electron chi connectivity index (χ2n) is 5.80. The Morgan fingerprint density at radius 2 is 2.11 bits per heavy atom. The Morgan fingerprint density at radius 1 is 1.37 bits per heavy atom. The second-order valence-corrected chi connectivity index (χ2v) is 5.80. The van der Waals surface area contributed by atoms with Gasteiger partial charge in [-0.15, -0.1) is 0 Å². The molecule has 1 saturated heterocycles. The van der Waals surface area contributed by atoms with Crippen molar-refractivity contribution in [3.05, 3.63) is 35.6 Å². The first-order chi connectivity index (χ1) is 9.13. The molecule has 0 radical (unpaired) electrons. The van der Waals surface area contributed by atoms with Gasteiger partial charge in [-0.3, -0.25) is 4.79 Å². The van der Waals surface area contributed by atoms with Crippen molar-refractivity contribution in [1.82, 2.24) is 4.90 Å². The quantitative estimate of drug-likeness (QED) is 0.898. The van der Waals surface area contributed by atoms with Gasteiger partial charge >= 0.3 is 0 Å². The number of rotatable bonds is 4. The number of halogens is 1. The highest BCUT2D eigenvalue weighted by molar-refractivity contribution is 5.77. The normalized spacial score (nSPS) is 30.5. The first-order valence-electron chi connectivity index (χ1n) is 6.90. The van der Waals surface area contributed by atoms with E-state index in [2.05, 4.69) is 4.90 Å². The predicted molar refractivity (Wildman–Crippen MR) is 71.0 cm³/mol. The van der Waals surface area contributed by atoms with Crippen LogP contribution in [-0.2, 0) is 4.79 Å². The van der Waals surface area contributed by atoms with E-state index >= 15 is 0 Å². The molecule has 1 amide bonds. The number of hydrogen-bond donors (Lipinski definition) is 1. The van der Waals surface area contributed by atoms with Crippen molar-refractivity contribution in [2.45, 2.75) is 18.8 Å². The monoisotopic (exact) mass is 262 g/mol. The summed E-state index contributed by atoms with van der Waals surface area (Å²) < 4.78 is 12.9. The molecular weight excluding hydrogens is 243 g/mol. The predicted octanol–water partition coefficient (Wildman–Crippen LogP) is 1.74. The second kappa shape index (κ2) is 4.93. The highest BCUT2D eigenvalue weighted by Gasteiger charge is 2.40. The van der Waals surface area contributed by atoms with Gasteiger partial charge in [-0.25, -0.2) is 4.39 Å². The molecule has 0 spiro atoms. The van der Waals surface area contributed by atoms with Gasteiger partial charge in [0.25, 0.3) is 0 Å². The minimum absolute atomic E-state index is 0.0306. The Bertz CT molecular complexity index is 474. The van der Waals surface area contributed by atoms with E-state index in [-0.39, 0.29) is 17.6 Å². The lowest BCUT2D eigenvalue weighted by Crippen LogP contribution is -2.28. The summed E-state index contributed by atoms with van der Waals surface area (Å²) >= 11 is 0. The van der Waals surface area contributed by atoms with Crippen molar-refractivity contribution in [3.63, 3.8) is 0 Å². The third-order valence-electron chi connectivity index (χ3n) is 4.39. The Balaban J connectivity index is 1.51. The van der Waals surface area contributed by atoms with Crippen LogP contribution in [0, 0.1) is 17.7 Å². The number of hydrogen-bond acceptors (Lipinski definition) is 2. The lowest BCUT2D eigenvalue weighted by atomic mass is 10.1. The molecule has 0 aromatic heterocycles. The Hall–Kier alpha value is -1.42. The van der Waals surface area contributed by atoms with Crippen molar-refractivity contribution < 1.29 is 9.18 Å². The molecular formula is C15H19FN2O. The number of amides is 1. The number of nitrogens with zero attached hydrogens (tertiary/aromatic N) is 1. The largest absolute Gasteiger partial charge is 0.369 e. The van der Waals surface area contributed by atoms with Crippen LogP contribution in [0.2, 0.25) is 0 Å². The summed E-state index contributed by atoms with van der Waals surface area (Å²) in [6.45, 7) is 2.81. The van der Waals surface area contributed by atoms with Crippen LogP contribution in [0.5, 0.6) is 0 Å². The summed E-state index contributed by atoms with van der Waals surface area (Å²) in [5.41, 5.74) is 6.57. The maximum atomic E-state index is 12.9. The Kier molecular flexibility index (Phi) is 3.27. The van der Waals surface area contributed by atoms with E-state index in [0.29, 0.717) is 11.8 Å². The van der Waals surface area contributed by atoms with Crippen LogP contribution in [0.3, 0.4) is 0 Å². The molecule has 0 unspecified atom stereocenters. The fraction of sp³-hybridized carbons (Fsp3) is 0.533. The fourth-order valence-corrected chi connectivity index (χ4v) is 3.13. The summed E-state index contributed by atoms with van der Waals surface area (Å²) in [6, 6.07) is 6.83. The number of carbonyl (C=O) groups excluding carboxylic acids is 1. The molecule has 1 aromatic rings. The van der Waals surface area contributed by atoms with Crippen LogP contribution >= 0.6 is 0 Å². The van der Waals surface area contributed by atoms with Gasteiger partial charge in [0.1, 0.15) is 5.82 Å². The third-order valence-corrected chi connectivity index (χ3v) is 4.39. The summed E-state index contributed by atoms with van der Waals surface area (Å²) in [6.07, 6.45) is 2.06. The van der Waals surface area contributed by atoms with Gasteiger partial charge in [-0.1, -0.05) is 12.1 Å². The molecule has 1 heterocycles. The summed E-state index contributed by atoms with van der Waals surface area (Å²) in [5, 5.41) is 0. The van der Waals surface area contributed by atoms with E-state index < -0.39 is 0 Å². The first-order valence-corrected chi connectivity index (χ1v) is 6.90. The lowest BCUT2D eigenvalue weighted by molar-refractivity contribution is -0.121. The number of primary amides is 1. The van der Waals surface area contributed by atoms with Crippen molar-refractivity contribution in [3.8, 4) is 0 Å². The SMILES string of the molecule is NC(=O)[C@@H]1CCN(C[C@H]2C[C@H]2c2ccc(F)cc2)C1. The van der Waals surface area contributed by atoms with Crippen molar-refractivity contribution in [2.75, 3.05) is 19.6 Å². The van der Waals surface area contributed by atoms with Gasteiger partial charge in [0.2, 0.25) is 5.91 Å². The minimum atomic E-state index is -0.176. The molecule has 3 rings (SSSR count). The van der Waals surface area contributed by atoms with Crippen molar-refractivity contribution >= 4 is 5.91 Å². The summed E-state index contributed by atoms with van der Waals surface area (Å²) in [5.74, 6) is 0.895. The average Bonchev–Trinajstić information content (AvgIpc) is 2.97. The molecule has 1 aliphatic heterocycles. The molecule has 2 aliphatic rings. The zero-order valence-corrected chi connectivity index (χ0v) is 10.9. The number of likely N-dealkylation sites (tertiary alicyclic amines) is 1. The highest BCUT2D eigenvalue weighted by atomic mass is 19.1. The lowest BCUT2D eigenvalue weighted by Gasteiger charge is -2.15. The summed E-state index contributed by atoms with van der Waals surface area (Å²) in [4.78, 5) is 13.5. The van der Waals surface area contributed by atoms with E-state index in [9.17, 15) is 9.18 Å². The van der Waals surface area contributed by atoms with E-state index in [1.807, 2.05) is 12.1 Å². The molecule has 2 N–H and O–H groups in total. The van der Waals surface area contributed by atoms with Crippen LogP contribution in [0.15, 0.2) is 24.3 Å². The molecule has 19 heavy (non-hydrogen) atoms. The standard InChI is InChI=1S/C15H19FN2O/c16-13-3-1-10(2-4-13)14-7-12(14)9-18-6-5-11(8-18)15(17)19/h1-4,11-12,14H,5-9H2,(H2,17,19)/t11-,12-,14+/m1/s1. The maximum absolute atomic E-state index is 12.9. The molecule has 2 fully saturated rings. The Labute approximate surface area is 112 Å². The van der Waals surface area contributed by atoms with Crippen LogP contribution in [0.4, 0.5) is 4.39 Å². The van der Waals surface area contributed by atoms with Gasteiger partial charge < -0.3 is 10.6 Å². The third kappa shape index (κ3) is 2.78. The molecule has 1 saturated carbocycles. The Morgan fingerprint density at radius 3 is 2.74 bits per heavy atom. The van der Waals surface area contributed by atoms with Crippen LogP contribution in [0.1, 0.15) is 24.3 Å². The van der Waals surface area contributed by atoms with Crippen molar-refractivity contribution in [2.24, 2.45) is 17.6 Å². The molecule has 0 bridgehead atoms. The van der Waals surface area contributed by atoms with E-state index in [1.54, 1.807) is 0 Å². The van der Waals surface area contributed by atoms with Gasteiger partial charge in [0.05, 0.1) is 5.92 Å². The molecule has 1 aromatic carbocycles. The van der Waals surface area contributed by atoms with Crippen LogP contribution in [-0.4, -0.2) is 30.4 Å². The molecule has 1 aliphatic carbocycles. The van der Waals surface area contributed by atoms with Gasteiger partial charge in [0, 0.05) is 13.1 Å².